The van der Waals surface area contributed by atoms with Crippen molar-refractivity contribution in [2.24, 2.45) is 0 Å². The summed E-state index contributed by atoms with van der Waals surface area (Å²) in [5.41, 5.74) is 2.11. The van der Waals surface area contributed by atoms with Gasteiger partial charge >= 0.3 is 5.97 Å². The molecule has 2 aromatic carbocycles. The molecule has 0 fully saturated rings. The van der Waals surface area contributed by atoms with E-state index in [4.69, 9.17) is 4.74 Å². The minimum absolute atomic E-state index is 0.152. The standard InChI is InChI=1S/C23H23N3O4S/c1-5-26-22(28)21(24-17-10-6-16(7-11-17)23(29)30-3)19(14(2)27)20(25-26)15-8-12-18(31-4)13-9-15/h6-13,24H,5H2,1-4H3. The lowest BCUT2D eigenvalue weighted by Crippen LogP contribution is -2.28. The van der Waals surface area contributed by atoms with Gasteiger partial charge in [0.25, 0.3) is 5.56 Å². The second-order valence-electron chi connectivity index (χ2n) is 6.70. The number of carbonyl (C=O) groups is 2. The third-order valence-electron chi connectivity index (χ3n) is 4.75. The largest absolute Gasteiger partial charge is 0.465 e. The van der Waals surface area contributed by atoms with E-state index in [9.17, 15) is 14.4 Å². The Morgan fingerprint density at radius 3 is 2.26 bits per heavy atom. The number of anilines is 2. The van der Waals surface area contributed by atoms with Gasteiger partial charge in [-0.3, -0.25) is 9.59 Å². The van der Waals surface area contributed by atoms with Crippen LogP contribution in [0.4, 0.5) is 11.4 Å². The summed E-state index contributed by atoms with van der Waals surface area (Å²) < 4.78 is 6.04. The number of Topliss-reactive ketones (excluding diaryl/α,β-unsaturated/α-hetero) is 1. The second kappa shape index (κ2) is 9.61. The molecule has 1 N–H and O–H groups in total. The van der Waals surface area contributed by atoms with Gasteiger partial charge in [-0.2, -0.15) is 5.10 Å². The van der Waals surface area contributed by atoms with Crippen LogP contribution in [-0.4, -0.2) is 34.9 Å². The number of thioether (sulfide) groups is 1. The van der Waals surface area contributed by atoms with Crippen molar-refractivity contribution in [3.63, 3.8) is 0 Å². The summed E-state index contributed by atoms with van der Waals surface area (Å²) >= 11 is 1.62. The molecule has 1 heterocycles. The van der Waals surface area contributed by atoms with Crippen LogP contribution in [0.5, 0.6) is 0 Å². The van der Waals surface area contributed by atoms with Crippen LogP contribution in [0.15, 0.2) is 58.2 Å². The third-order valence-corrected chi connectivity index (χ3v) is 5.49. The summed E-state index contributed by atoms with van der Waals surface area (Å²) in [7, 11) is 1.31. The topological polar surface area (TPSA) is 90.3 Å². The van der Waals surface area contributed by atoms with Gasteiger partial charge in [0.1, 0.15) is 11.4 Å². The van der Waals surface area contributed by atoms with Crippen molar-refractivity contribution in [3.8, 4) is 11.3 Å². The molecule has 0 saturated carbocycles. The molecule has 1 aromatic heterocycles. The number of hydrogen-bond donors (Lipinski definition) is 1. The van der Waals surface area contributed by atoms with E-state index in [2.05, 4.69) is 10.4 Å². The first kappa shape index (κ1) is 22.3. The van der Waals surface area contributed by atoms with Gasteiger partial charge in [0.05, 0.1) is 18.2 Å². The van der Waals surface area contributed by atoms with Gasteiger partial charge in [0, 0.05) is 22.7 Å². The lowest BCUT2D eigenvalue weighted by Gasteiger charge is -2.16. The average Bonchev–Trinajstić information content (AvgIpc) is 2.80. The fraction of sp³-hybridized carbons (Fsp3) is 0.217. The molecule has 3 aromatic rings. The molecule has 0 aliphatic heterocycles. The summed E-state index contributed by atoms with van der Waals surface area (Å²) in [6.07, 6.45) is 1.99. The highest BCUT2D eigenvalue weighted by Gasteiger charge is 2.22. The molecule has 160 valence electrons. The maximum Gasteiger partial charge on any atom is 0.337 e. The molecule has 0 aliphatic rings. The van der Waals surface area contributed by atoms with E-state index in [1.807, 2.05) is 37.4 Å². The van der Waals surface area contributed by atoms with Crippen molar-refractivity contribution in [2.45, 2.75) is 25.3 Å². The number of ketones is 1. The number of esters is 1. The molecule has 3 rings (SSSR count). The Labute approximate surface area is 184 Å². The summed E-state index contributed by atoms with van der Waals surface area (Å²) in [5, 5.41) is 7.53. The van der Waals surface area contributed by atoms with E-state index in [1.54, 1.807) is 36.0 Å². The highest BCUT2D eigenvalue weighted by molar-refractivity contribution is 7.98. The Bertz CT molecular complexity index is 1170. The van der Waals surface area contributed by atoms with E-state index < -0.39 is 11.5 Å². The Morgan fingerprint density at radius 1 is 1.10 bits per heavy atom. The van der Waals surface area contributed by atoms with Crippen LogP contribution < -0.4 is 10.9 Å². The van der Waals surface area contributed by atoms with Crippen molar-refractivity contribution in [2.75, 3.05) is 18.7 Å². The van der Waals surface area contributed by atoms with Gasteiger partial charge in [-0.15, -0.1) is 11.8 Å². The average molecular weight is 438 g/mol. The minimum atomic E-state index is -0.454. The zero-order chi connectivity index (χ0) is 22.5. The highest BCUT2D eigenvalue weighted by Crippen LogP contribution is 2.29. The van der Waals surface area contributed by atoms with E-state index in [-0.39, 0.29) is 17.0 Å². The number of nitrogens with zero attached hydrogens (tertiary/aromatic N) is 2. The number of methoxy groups -OCH3 is 1. The van der Waals surface area contributed by atoms with Crippen LogP contribution in [0.1, 0.15) is 34.6 Å². The van der Waals surface area contributed by atoms with E-state index in [1.165, 1.54) is 18.7 Å². The van der Waals surface area contributed by atoms with Gasteiger partial charge in [-0.05, 0) is 56.5 Å². The van der Waals surface area contributed by atoms with Gasteiger partial charge < -0.3 is 10.1 Å². The van der Waals surface area contributed by atoms with Gasteiger partial charge in [0.15, 0.2) is 5.78 Å². The van der Waals surface area contributed by atoms with Gasteiger partial charge in [-0.25, -0.2) is 9.48 Å². The SMILES string of the molecule is CCn1nc(-c2ccc(SC)cc2)c(C(C)=O)c(Nc2ccc(C(=O)OC)cc2)c1=O. The van der Waals surface area contributed by atoms with Crippen LogP contribution in [0.3, 0.4) is 0 Å². The number of aryl methyl sites for hydroxylation is 1. The van der Waals surface area contributed by atoms with E-state index >= 15 is 0 Å². The van der Waals surface area contributed by atoms with Gasteiger partial charge in [-0.1, -0.05) is 12.1 Å². The number of rotatable bonds is 7. The van der Waals surface area contributed by atoms with E-state index in [0.29, 0.717) is 23.5 Å². The molecule has 0 unspecified atom stereocenters. The highest BCUT2D eigenvalue weighted by atomic mass is 32.2. The van der Waals surface area contributed by atoms with E-state index in [0.717, 1.165) is 10.5 Å². The predicted molar refractivity (Wildman–Crippen MR) is 122 cm³/mol. The molecular formula is C23H23N3O4S. The van der Waals surface area contributed by atoms with Gasteiger partial charge in [0.2, 0.25) is 0 Å². The van der Waals surface area contributed by atoms with Crippen molar-refractivity contribution in [3.05, 3.63) is 70.0 Å². The predicted octanol–water partition coefficient (Wildman–Crippen LogP) is 4.38. The Hall–Kier alpha value is -3.39. The molecule has 0 amide bonds. The zero-order valence-corrected chi connectivity index (χ0v) is 18.6. The Morgan fingerprint density at radius 2 is 1.74 bits per heavy atom. The maximum atomic E-state index is 13.0. The van der Waals surface area contributed by atoms with Crippen molar-refractivity contribution in [1.29, 1.82) is 0 Å². The molecule has 7 nitrogen and oxygen atoms in total. The molecular weight excluding hydrogens is 414 g/mol. The fourth-order valence-corrected chi connectivity index (χ4v) is 3.55. The lowest BCUT2D eigenvalue weighted by molar-refractivity contribution is 0.0600. The lowest BCUT2D eigenvalue weighted by atomic mass is 10.0. The zero-order valence-electron chi connectivity index (χ0n) is 17.8. The summed E-state index contributed by atoms with van der Waals surface area (Å²) in [6.45, 7) is 3.58. The first-order valence-corrected chi connectivity index (χ1v) is 10.9. The van der Waals surface area contributed by atoms with Crippen LogP contribution in [-0.2, 0) is 11.3 Å². The number of ether oxygens (including phenoxy) is 1. The van der Waals surface area contributed by atoms with Crippen molar-refractivity contribution in [1.82, 2.24) is 9.78 Å². The quantitative estimate of drug-likeness (QED) is 0.333. The smallest absolute Gasteiger partial charge is 0.337 e. The van der Waals surface area contributed by atoms with Crippen LogP contribution in [0.2, 0.25) is 0 Å². The van der Waals surface area contributed by atoms with Crippen molar-refractivity contribution >= 4 is 34.9 Å². The van der Waals surface area contributed by atoms with Crippen LogP contribution in [0, 0.1) is 0 Å². The Kier molecular flexibility index (Phi) is 6.91. The summed E-state index contributed by atoms with van der Waals surface area (Å²) in [5.74, 6) is -0.727. The molecule has 8 heteroatoms. The number of hydrogen-bond acceptors (Lipinski definition) is 7. The molecule has 0 atom stereocenters. The third kappa shape index (κ3) is 4.69. The second-order valence-corrected chi connectivity index (χ2v) is 7.58. The molecule has 0 bridgehead atoms. The molecule has 0 spiro atoms. The van der Waals surface area contributed by atoms with Crippen LogP contribution >= 0.6 is 11.8 Å². The summed E-state index contributed by atoms with van der Waals surface area (Å²) in [4.78, 5) is 38.4. The molecule has 0 radical (unpaired) electrons. The normalized spacial score (nSPS) is 10.6. The number of benzene rings is 2. The molecule has 31 heavy (non-hydrogen) atoms. The number of carbonyl (C=O) groups excluding carboxylic acids is 2. The minimum Gasteiger partial charge on any atom is -0.465 e. The summed E-state index contributed by atoms with van der Waals surface area (Å²) in [6, 6.07) is 14.2. The molecule has 0 aliphatic carbocycles. The number of aromatic nitrogens is 2. The Balaban J connectivity index is 2.15. The maximum absolute atomic E-state index is 13.0. The molecule has 0 saturated heterocycles. The number of nitrogens with one attached hydrogen (secondary N) is 1. The monoisotopic (exact) mass is 437 g/mol. The first-order valence-electron chi connectivity index (χ1n) is 9.65. The fourth-order valence-electron chi connectivity index (χ4n) is 3.15. The van der Waals surface area contributed by atoms with Crippen molar-refractivity contribution < 1.29 is 14.3 Å². The first-order chi connectivity index (χ1) is 14.9. The van der Waals surface area contributed by atoms with Crippen LogP contribution in [0.25, 0.3) is 11.3 Å².